The Morgan fingerprint density at radius 1 is 1.53 bits per heavy atom. The number of carbonyl (C=O) groups is 1. The molecule has 0 radical (unpaired) electrons. The van der Waals surface area contributed by atoms with E-state index in [4.69, 9.17) is 16.7 Å². The first-order valence-electron chi connectivity index (χ1n) is 5.54. The zero-order chi connectivity index (χ0) is 13.0. The van der Waals surface area contributed by atoms with Crippen molar-refractivity contribution in [2.45, 2.75) is 20.8 Å². The van der Waals surface area contributed by atoms with Crippen molar-refractivity contribution in [2.75, 3.05) is 11.9 Å². The van der Waals surface area contributed by atoms with E-state index in [-0.39, 0.29) is 10.6 Å². The van der Waals surface area contributed by atoms with Gasteiger partial charge in [-0.3, -0.25) is 0 Å². The first kappa shape index (κ1) is 13.8. The summed E-state index contributed by atoms with van der Waals surface area (Å²) in [6.45, 7) is 7.17. The molecule has 0 bridgehead atoms. The molecule has 5 heteroatoms. The maximum absolute atomic E-state index is 10.9. The summed E-state index contributed by atoms with van der Waals surface area (Å²) < 4.78 is 0. The fourth-order valence-electron chi connectivity index (χ4n) is 1.20. The molecular formula is C12H17ClN2O2. The first-order valence-corrected chi connectivity index (χ1v) is 5.92. The van der Waals surface area contributed by atoms with E-state index in [1.807, 2.05) is 0 Å². The Morgan fingerprint density at radius 2 is 2.18 bits per heavy atom. The number of hydrogen-bond donors (Lipinski definition) is 2. The highest BCUT2D eigenvalue weighted by molar-refractivity contribution is 6.33. The predicted octanol–water partition coefficient (Wildman–Crippen LogP) is 3.14. The molecule has 0 aliphatic carbocycles. The van der Waals surface area contributed by atoms with Crippen molar-refractivity contribution in [2.24, 2.45) is 11.8 Å². The third-order valence-corrected chi connectivity index (χ3v) is 3.13. The summed E-state index contributed by atoms with van der Waals surface area (Å²) in [5, 5.41) is 12.2. The molecule has 1 aromatic rings. The van der Waals surface area contributed by atoms with Crippen molar-refractivity contribution in [3.63, 3.8) is 0 Å². The number of aromatic nitrogens is 1. The van der Waals surface area contributed by atoms with E-state index in [2.05, 4.69) is 31.1 Å². The highest BCUT2D eigenvalue weighted by Gasteiger charge is 2.11. The molecule has 0 aliphatic heterocycles. The van der Waals surface area contributed by atoms with Gasteiger partial charge in [0.25, 0.3) is 0 Å². The summed E-state index contributed by atoms with van der Waals surface area (Å²) in [7, 11) is 0. The van der Waals surface area contributed by atoms with Crippen LogP contribution in [0.5, 0.6) is 0 Å². The Morgan fingerprint density at radius 3 is 2.71 bits per heavy atom. The van der Waals surface area contributed by atoms with Crippen LogP contribution in [-0.4, -0.2) is 22.6 Å². The maximum atomic E-state index is 10.9. The van der Waals surface area contributed by atoms with E-state index < -0.39 is 5.97 Å². The molecular weight excluding hydrogens is 240 g/mol. The topological polar surface area (TPSA) is 62.2 Å². The van der Waals surface area contributed by atoms with Crippen molar-refractivity contribution in [1.82, 2.24) is 4.98 Å². The van der Waals surface area contributed by atoms with Gasteiger partial charge < -0.3 is 10.4 Å². The number of nitrogens with zero attached hydrogens (tertiary/aromatic N) is 1. The minimum Gasteiger partial charge on any atom is -0.478 e. The molecule has 4 nitrogen and oxygen atoms in total. The maximum Gasteiger partial charge on any atom is 0.337 e. The fourth-order valence-corrected chi connectivity index (χ4v) is 1.38. The van der Waals surface area contributed by atoms with Gasteiger partial charge >= 0.3 is 5.97 Å². The van der Waals surface area contributed by atoms with Crippen LogP contribution < -0.4 is 5.32 Å². The quantitative estimate of drug-likeness (QED) is 0.850. The van der Waals surface area contributed by atoms with Crippen LogP contribution in [0.25, 0.3) is 0 Å². The number of nitrogens with one attached hydrogen (secondary N) is 1. The van der Waals surface area contributed by atoms with Crippen molar-refractivity contribution in [3.8, 4) is 0 Å². The molecule has 0 amide bonds. The van der Waals surface area contributed by atoms with E-state index in [1.165, 1.54) is 12.3 Å². The van der Waals surface area contributed by atoms with E-state index in [9.17, 15) is 4.79 Å². The second-order valence-electron chi connectivity index (χ2n) is 4.46. The minimum absolute atomic E-state index is 0.0707. The number of anilines is 1. The summed E-state index contributed by atoms with van der Waals surface area (Å²) >= 11 is 5.73. The highest BCUT2D eigenvalue weighted by Crippen LogP contribution is 2.18. The lowest BCUT2D eigenvalue weighted by Gasteiger charge is -2.16. The molecule has 1 unspecified atom stereocenters. The number of rotatable bonds is 5. The van der Waals surface area contributed by atoms with Crippen LogP contribution in [0.3, 0.4) is 0 Å². The van der Waals surface area contributed by atoms with Crippen LogP contribution in [0.4, 0.5) is 5.82 Å². The van der Waals surface area contributed by atoms with E-state index in [0.29, 0.717) is 17.7 Å². The number of aromatic carboxylic acids is 1. The number of hydrogen-bond acceptors (Lipinski definition) is 3. The summed E-state index contributed by atoms with van der Waals surface area (Å²) in [5.41, 5.74) is 0.0707. The van der Waals surface area contributed by atoms with Crippen LogP contribution >= 0.6 is 11.6 Å². The highest BCUT2D eigenvalue weighted by atomic mass is 35.5. The molecule has 0 saturated heterocycles. The number of halogens is 1. The van der Waals surface area contributed by atoms with Crippen LogP contribution in [0, 0.1) is 11.8 Å². The normalized spacial score (nSPS) is 12.5. The van der Waals surface area contributed by atoms with E-state index in [1.54, 1.807) is 0 Å². The second kappa shape index (κ2) is 5.87. The number of carboxylic acids is 1. The van der Waals surface area contributed by atoms with Crippen LogP contribution in [-0.2, 0) is 0 Å². The molecule has 0 aromatic carbocycles. The van der Waals surface area contributed by atoms with Gasteiger partial charge in [-0.1, -0.05) is 32.4 Å². The van der Waals surface area contributed by atoms with Crippen LogP contribution in [0.2, 0.25) is 5.02 Å². The SMILES string of the molecule is CC(C)C(C)CNc1cc(C(=O)O)c(Cl)cn1. The summed E-state index contributed by atoms with van der Waals surface area (Å²) in [6, 6.07) is 1.46. The molecule has 2 N–H and O–H groups in total. The third-order valence-electron chi connectivity index (χ3n) is 2.83. The van der Waals surface area contributed by atoms with Crippen molar-refractivity contribution in [1.29, 1.82) is 0 Å². The zero-order valence-electron chi connectivity index (χ0n) is 10.2. The lowest BCUT2D eigenvalue weighted by Crippen LogP contribution is -2.17. The smallest absolute Gasteiger partial charge is 0.337 e. The number of carboxylic acid groups (broad SMARTS) is 1. The predicted molar refractivity (Wildman–Crippen MR) is 68.7 cm³/mol. The van der Waals surface area contributed by atoms with Gasteiger partial charge in [-0.15, -0.1) is 0 Å². The molecule has 0 aliphatic rings. The lowest BCUT2D eigenvalue weighted by atomic mass is 9.98. The van der Waals surface area contributed by atoms with E-state index in [0.717, 1.165) is 6.54 Å². The van der Waals surface area contributed by atoms with Crippen molar-refractivity contribution in [3.05, 3.63) is 22.8 Å². The van der Waals surface area contributed by atoms with Gasteiger partial charge in [0.15, 0.2) is 0 Å². The largest absolute Gasteiger partial charge is 0.478 e. The van der Waals surface area contributed by atoms with E-state index >= 15 is 0 Å². The van der Waals surface area contributed by atoms with Gasteiger partial charge in [-0.05, 0) is 17.9 Å². The fraction of sp³-hybridized carbons (Fsp3) is 0.500. The second-order valence-corrected chi connectivity index (χ2v) is 4.86. The van der Waals surface area contributed by atoms with Crippen molar-refractivity contribution >= 4 is 23.4 Å². The Bertz CT molecular complexity index is 407. The molecule has 1 aromatic heterocycles. The van der Waals surface area contributed by atoms with Gasteiger partial charge in [0.2, 0.25) is 0 Å². The molecule has 94 valence electrons. The van der Waals surface area contributed by atoms with Crippen molar-refractivity contribution < 1.29 is 9.90 Å². The zero-order valence-corrected chi connectivity index (χ0v) is 11.0. The average molecular weight is 257 g/mol. The molecule has 17 heavy (non-hydrogen) atoms. The Kier molecular flexibility index (Phi) is 4.75. The summed E-state index contributed by atoms with van der Waals surface area (Å²) in [5.74, 6) is 0.547. The standard InChI is InChI=1S/C12H17ClN2O2/c1-7(2)8(3)5-14-11-4-9(12(16)17)10(13)6-15-11/h4,6-8H,5H2,1-3H3,(H,14,15)(H,16,17). The number of pyridine rings is 1. The van der Waals surface area contributed by atoms with Gasteiger partial charge in [0.05, 0.1) is 10.6 Å². The molecule has 1 rings (SSSR count). The Labute approximate surface area is 106 Å². The summed E-state index contributed by atoms with van der Waals surface area (Å²) in [6.07, 6.45) is 1.35. The lowest BCUT2D eigenvalue weighted by molar-refractivity contribution is 0.0697. The molecule has 0 saturated carbocycles. The molecule has 0 spiro atoms. The van der Waals surface area contributed by atoms with Gasteiger partial charge in [-0.25, -0.2) is 9.78 Å². The van der Waals surface area contributed by atoms with Gasteiger partial charge in [0, 0.05) is 12.7 Å². The Hall–Kier alpha value is -1.29. The molecule has 0 fully saturated rings. The minimum atomic E-state index is -1.04. The van der Waals surface area contributed by atoms with Gasteiger partial charge in [0.1, 0.15) is 5.82 Å². The average Bonchev–Trinajstić information content (AvgIpc) is 2.26. The molecule has 1 heterocycles. The van der Waals surface area contributed by atoms with Crippen LogP contribution in [0.15, 0.2) is 12.3 Å². The van der Waals surface area contributed by atoms with Crippen LogP contribution in [0.1, 0.15) is 31.1 Å². The monoisotopic (exact) mass is 256 g/mol. The third kappa shape index (κ3) is 3.89. The van der Waals surface area contributed by atoms with Gasteiger partial charge in [-0.2, -0.15) is 0 Å². The first-order chi connectivity index (χ1) is 7.91. The Balaban J connectivity index is 2.73. The summed E-state index contributed by atoms with van der Waals surface area (Å²) in [4.78, 5) is 14.9. The molecule has 1 atom stereocenters.